The number of imidazole rings is 1. The highest BCUT2D eigenvalue weighted by Gasteiger charge is 2.14. The van der Waals surface area contributed by atoms with Crippen molar-refractivity contribution in [3.8, 4) is 0 Å². The van der Waals surface area contributed by atoms with E-state index in [9.17, 15) is 0 Å². The molecule has 0 saturated heterocycles. The van der Waals surface area contributed by atoms with E-state index >= 15 is 0 Å². The zero-order valence-electron chi connectivity index (χ0n) is 9.95. The number of benzene rings is 1. The second-order valence-corrected chi connectivity index (χ2v) is 5.75. The number of rotatable bonds is 2. The molecule has 20 heavy (non-hydrogen) atoms. The largest absolute Gasteiger partial charge is 0.269 e. The molecule has 0 saturated carbocycles. The molecular formula is C13H7Cl4N3. The van der Waals surface area contributed by atoms with E-state index < -0.39 is 0 Å². The highest BCUT2D eigenvalue weighted by atomic mass is 35.5. The van der Waals surface area contributed by atoms with Gasteiger partial charge in [-0.2, -0.15) is 0 Å². The number of nitrogens with zero attached hydrogens (tertiary/aromatic N) is 3. The summed E-state index contributed by atoms with van der Waals surface area (Å²) in [5, 5.41) is 1.66. The van der Waals surface area contributed by atoms with Gasteiger partial charge in [0.15, 0.2) is 10.8 Å². The Kier molecular flexibility index (Phi) is 3.78. The van der Waals surface area contributed by atoms with Gasteiger partial charge in [0.05, 0.1) is 0 Å². The van der Waals surface area contributed by atoms with Gasteiger partial charge >= 0.3 is 0 Å². The van der Waals surface area contributed by atoms with Gasteiger partial charge in [0, 0.05) is 17.5 Å². The number of halogens is 4. The Bertz CT molecular complexity index is 780. The molecule has 3 nitrogen and oxygen atoms in total. The monoisotopic (exact) mass is 345 g/mol. The number of hydrogen-bond acceptors (Lipinski definition) is 2. The lowest BCUT2D eigenvalue weighted by molar-refractivity contribution is 0.952. The van der Waals surface area contributed by atoms with Crippen molar-refractivity contribution < 1.29 is 0 Å². The van der Waals surface area contributed by atoms with Gasteiger partial charge in [0.25, 0.3) is 0 Å². The van der Waals surface area contributed by atoms with Crippen molar-refractivity contribution in [3.05, 3.63) is 62.2 Å². The van der Waals surface area contributed by atoms with Crippen LogP contribution in [-0.2, 0) is 6.42 Å². The molecule has 0 N–H and O–H groups in total. The molecule has 1 aromatic carbocycles. The topological polar surface area (TPSA) is 30.2 Å². The van der Waals surface area contributed by atoms with Crippen LogP contribution in [-0.4, -0.2) is 14.4 Å². The fourth-order valence-electron chi connectivity index (χ4n) is 1.95. The molecule has 0 amide bonds. The van der Waals surface area contributed by atoms with E-state index in [1.807, 2.05) is 24.3 Å². The first-order valence-corrected chi connectivity index (χ1v) is 7.19. The molecule has 0 fully saturated rings. The number of hydrogen-bond donors (Lipinski definition) is 0. The highest BCUT2D eigenvalue weighted by molar-refractivity contribution is 6.35. The summed E-state index contributed by atoms with van der Waals surface area (Å²) in [4.78, 5) is 8.44. The maximum absolute atomic E-state index is 6.19. The minimum Gasteiger partial charge on any atom is -0.269 e. The van der Waals surface area contributed by atoms with E-state index in [0.29, 0.717) is 28.1 Å². The molecule has 0 aliphatic heterocycles. The first-order chi connectivity index (χ1) is 9.54. The fourth-order valence-corrected chi connectivity index (χ4v) is 2.82. The first kappa shape index (κ1) is 14.0. The molecule has 7 heteroatoms. The van der Waals surface area contributed by atoms with Crippen molar-refractivity contribution in [2.24, 2.45) is 0 Å². The highest BCUT2D eigenvalue weighted by Crippen LogP contribution is 2.25. The Labute approximate surface area is 135 Å². The Morgan fingerprint density at radius 2 is 1.65 bits per heavy atom. The zero-order valence-corrected chi connectivity index (χ0v) is 13.0. The van der Waals surface area contributed by atoms with Gasteiger partial charge in [0.2, 0.25) is 0 Å². The quantitative estimate of drug-likeness (QED) is 0.615. The summed E-state index contributed by atoms with van der Waals surface area (Å²) in [6, 6.07) is 9.05. The van der Waals surface area contributed by atoms with Crippen molar-refractivity contribution in [1.29, 1.82) is 0 Å². The normalized spacial score (nSPS) is 11.2. The van der Waals surface area contributed by atoms with Gasteiger partial charge in [-0.3, -0.25) is 4.40 Å². The van der Waals surface area contributed by atoms with Gasteiger partial charge in [0.1, 0.15) is 16.1 Å². The van der Waals surface area contributed by atoms with Crippen molar-refractivity contribution >= 4 is 52.1 Å². The fraction of sp³-hybridized carbons (Fsp3) is 0.0769. The lowest BCUT2D eigenvalue weighted by Gasteiger charge is -2.04. The molecule has 0 aliphatic rings. The SMILES string of the molecule is Clc1ccc(Cc2nc(Cl)c3nc(Cl)cc(Cl)n23)cc1. The molecule has 0 unspecified atom stereocenters. The van der Waals surface area contributed by atoms with E-state index in [-0.39, 0.29) is 10.3 Å². The van der Waals surface area contributed by atoms with Crippen molar-refractivity contribution in [2.45, 2.75) is 6.42 Å². The van der Waals surface area contributed by atoms with Crippen LogP contribution >= 0.6 is 46.4 Å². The third kappa shape index (κ3) is 2.59. The summed E-state index contributed by atoms with van der Waals surface area (Å²) in [5.41, 5.74) is 1.50. The Morgan fingerprint density at radius 1 is 0.950 bits per heavy atom. The molecule has 0 radical (unpaired) electrons. The van der Waals surface area contributed by atoms with Crippen LogP contribution in [0, 0.1) is 0 Å². The third-order valence-electron chi connectivity index (χ3n) is 2.82. The minimum absolute atomic E-state index is 0.276. The summed E-state index contributed by atoms with van der Waals surface area (Å²) < 4.78 is 1.68. The molecule has 0 spiro atoms. The molecule has 102 valence electrons. The summed E-state index contributed by atoms with van der Waals surface area (Å²) in [6.07, 6.45) is 0.564. The van der Waals surface area contributed by atoms with E-state index in [2.05, 4.69) is 9.97 Å². The Hall–Kier alpha value is -1.00. The molecule has 0 aliphatic carbocycles. The van der Waals surface area contributed by atoms with Crippen LogP contribution in [0.25, 0.3) is 5.65 Å². The lowest BCUT2D eigenvalue weighted by atomic mass is 10.1. The number of aromatic nitrogens is 3. The van der Waals surface area contributed by atoms with Crippen LogP contribution in [0.3, 0.4) is 0 Å². The first-order valence-electron chi connectivity index (χ1n) is 5.68. The molecular weight excluding hydrogens is 340 g/mol. The Balaban J connectivity index is 2.10. The van der Waals surface area contributed by atoms with Crippen LogP contribution in [0.4, 0.5) is 0 Å². The maximum Gasteiger partial charge on any atom is 0.178 e. The van der Waals surface area contributed by atoms with Crippen LogP contribution in [0.5, 0.6) is 0 Å². The van der Waals surface area contributed by atoms with E-state index in [1.165, 1.54) is 0 Å². The predicted octanol–water partition coefficient (Wildman–Crippen LogP) is 4.93. The van der Waals surface area contributed by atoms with Gasteiger partial charge in [-0.05, 0) is 17.7 Å². The van der Waals surface area contributed by atoms with Gasteiger partial charge < -0.3 is 0 Å². The third-order valence-corrected chi connectivity index (χ3v) is 3.80. The number of fused-ring (bicyclic) bond motifs is 1. The van der Waals surface area contributed by atoms with Crippen LogP contribution in [0.1, 0.15) is 11.4 Å². The van der Waals surface area contributed by atoms with Crippen LogP contribution in [0.2, 0.25) is 20.5 Å². The Morgan fingerprint density at radius 3 is 2.35 bits per heavy atom. The molecule has 2 aromatic heterocycles. The maximum atomic E-state index is 6.19. The molecule has 3 aromatic rings. The van der Waals surface area contributed by atoms with Gasteiger partial charge in [-0.15, -0.1) is 0 Å². The summed E-state index contributed by atoms with van der Waals surface area (Å²) in [7, 11) is 0. The molecule has 0 bridgehead atoms. The summed E-state index contributed by atoms with van der Waals surface area (Å²) in [5.74, 6) is 0.696. The van der Waals surface area contributed by atoms with E-state index in [4.69, 9.17) is 46.4 Å². The van der Waals surface area contributed by atoms with E-state index in [1.54, 1.807) is 10.5 Å². The standard InChI is InChI=1S/C13H7Cl4N3/c14-8-3-1-7(2-4-8)5-11-19-12(17)13-18-9(15)6-10(16)20(11)13/h1-4,6H,5H2. The second kappa shape index (κ2) is 5.41. The van der Waals surface area contributed by atoms with Crippen molar-refractivity contribution in [3.63, 3.8) is 0 Å². The van der Waals surface area contributed by atoms with E-state index in [0.717, 1.165) is 5.56 Å². The van der Waals surface area contributed by atoms with Crippen LogP contribution < -0.4 is 0 Å². The summed E-state index contributed by atoms with van der Waals surface area (Å²) >= 11 is 24.0. The molecule has 2 heterocycles. The van der Waals surface area contributed by atoms with Gasteiger partial charge in [-0.25, -0.2) is 9.97 Å². The molecule has 0 atom stereocenters. The smallest absolute Gasteiger partial charge is 0.178 e. The average Bonchev–Trinajstić information content (AvgIpc) is 2.69. The lowest BCUT2D eigenvalue weighted by Crippen LogP contribution is -1.99. The van der Waals surface area contributed by atoms with Crippen molar-refractivity contribution in [2.75, 3.05) is 0 Å². The van der Waals surface area contributed by atoms with Gasteiger partial charge in [-0.1, -0.05) is 58.5 Å². The molecule has 3 rings (SSSR count). The predicted molar refractivity (Wildman–Crippen MR) is 82.3 cm³/mol. The zero-order chi connectivity index (χ0) is 14.3. The average molecular weight is 347 g/mol. The second-order valence-electron chi connectivity index (χ2n) is 4.18. The summed E-state index contributed by atoms with van der Waals surface area (Å²) in [6.45, 7) is 0. The van der Waals surface area contributed by atoms with Crippen molar-refractivity contribution in [1.82, 2.24) is 14.4 Å². The minimum atomic E-state index is 0.276. The van der Waals surface area contributed by atoms with Crippen LogP contribution in [0.15, 0.2) is 30.3 Å².